The minimum atomic E-state index is -0.301. The Kier molecular flexibility index (Phi) is 4.33. The Morgan fingerprint density at radius 2 is 2.22 bits per heavy atom. The lowest BCUT2D eigenvalue weighted by Gasteiger charge is -2.13. The fourth-order valence-corrected chi connectivity index (χ4v) is 2.43. The number of ether oxygens (including phenoxy) is 1. The van der Waals surface area contributed by atoms with Crippen LogP contribution in [0.15, 0.2) is 35.0 Å². The molecule has 4 heteroatoms. The highest BCUT2D eigenvalue weighted by Crippen LogP contribution is 2.25. The van der Waals surface area contributed by atoms with Crippen molar-refractivity contribution in [2.24, 2.45) is 5.73 Å². The van der Waals surface area contributed by atoms with Gasteiger partial charge in [0.25, 0.3) is 0 Å². The van der Waals surface area contributed by atoms with Crippen molar-refractivity contribution in [1.29, 1.82) is 0 Å². The zero-order valence-corrected chi connectivity index (χ0v) is 11.0. The third-order valence-corrected chi connectivity index (χ3v) is 3.43. The van der Waals surface area contributed by atoms with E-state index < -0.39 is 0 Å². The average molecular weight is 265 g/mol. The Hall–Kier alpha value is -1.39. The van der Waals surface area contributed by atoms with E-state index >= 15 is 0 Å². The van der Waals surface area contributed by atoms with Crippen molar-refractivity contribution in [3.63, 3.8) is 0 Å². The molecule has 0 fully saturated rings. The van der Waals surface area contributed by atoms with Gasteiger partial charge in [0.1, 0.15) is 11.6 Å². The molecule has 0 amide bonds. The van der Waals surface area contributed by atoms with Crippen molar-refractivity contribution < 1.29 is 9.13 Å². The van der Waals surface area contributed by atoms with E-state index in [1.165, 1.54) is 17.7 Å². The highest BCUT2D eigenvalue weighted by molar-refractivity contribution is 7.07. The molecule has 0 spiro atoms. The van der Waals surface area contributed by atoms with Crippen LogP contribution in [-0.2, 0) is 6.42 Å². The lowest BCUT2D eigenvalue weighted by atomic mass is 10.1. The van der Waals surface area contributed by atoms with Crippen LogP contribution in [0.1, 0.15) is 24.1 Å². The summed E-state index contributed by atoms with van der Waals surface area (Å²) in [5, 5.41) is 4.12. The van der Waals surface area contributed by atoms with Gasteiger partial charge < -0.3 is 10.5 Å². The number of hydrogen-bond donors (Lipinski definition) is 1. The number of thiophene rings is 1. The maximum Gasteiger partial charge on any atom is 0.126 e. The molecule has 0 radical (unpaired) electrons. The van der Waals surface area contributed by atoms with Crippen LogP contribution in [-0.4, -0.2) is 6.61 Å². The summed E-state index contributed by atoms with van der Waals surface area (Å²) in [7, 11) is 0. The predicted molar refractivity (Wildman–Crippen MR) is 72.5 cm³/mol. The van der Waals surface area contributed by atoms with Crippen LogP contribution in [0, 0.1) is 5.82 Å². The molecule has 18 heavy (non-hydrogen) atoms. The Morgan fingerprint density at radius 1 is 1.39 bits per heavy atom. The van der Waals surface area contributed by atoms with Gasteiger partial charge in [-0.1, -0.05) is 6.07 Å². The largest absolute Gasteiger partial charge is 0.493 e. The summed E-state index contributed by atoms with van der Waals surface area (Å²) >= 11 is 1.66. The maximum absolute atomic E-state index is 13.2. The number of hydrogen-bond acceptors (Lipinski definition) is 3. The molecule has 0 aliphatic rings. The first-order valence-electron chi connectivity index (χ1n) is 5.85. The predicted octanol–water partition coefficient (Wildman–Crippen LogP) is 3.53. The number of halogens is 1. The Bertz CT molecular complexity index is 497. The molecule has 0 aliphatic heterocycles. The third kappa shape index (κ3) is 3.31. The summed E-state index contributed by atoms with van der Waals surface area (Å²) in [5.41, 5.74) is 7.90. The van der Waals surface area contributed by atoms with E-state index in [-0.39, 0.29) is 11.9 Å². The van der Waals surface area contributed by atoms with Gasteiger partial charge in [-0.15, -0.1) is 0 Å². The van der Waals surface area contributed by atoms with Crippen molar-refractivity contribution in [3.8, 4) is 5.75 Å². The summed E-state index contributed by atoms with van der Waals surface area (Å²) in [4.78, 5) is 0. The molecular weight excluding hydrogens is 249 g/mol. The van der Waals surface area contributed by atoms with E-state index in [1.807, 2.05) is 12.3 Å². The van der Waals surface area contributed by atoms with Gasteiger partial charge in [0.15, 0.2) is 0 Å². The van der Waals surface area contributed by atoms with E-state index in [4.69, 9.17) is 10.5 Å². The fraction of sp³-hybridized carbons (Fsp3) is 0.286. The van der Waals surface area contributed by atoms with Crippen LogP contribution >= 0.6 is 11.3 Å². The van der Waals surface area contributed by atoms with Gasteiger partial charge in [0.2, 0.25) is 0 Å². The molecule has 1 atom stereocenters. The standard InChI is InChI=1S/C14H16FNOS/c1-10(16)13-3-2-12(15)8-14(13)17-6-4-11-5-7-18-9-11/h2-3,5,7-10H,4,6,16H2,1H3/t10-/m0/s1. The Balaban J connectivity index is 2.01. The average Bonchev–Trinajstić information content (AvgIpc) is 2.82. The van der Waals surface area contributed by atoms with E-state index in [0.29, 0.717) is 12.4 Å². The highest BCUT2D eigenvalue weighted by atomic mass is 32.1. The van der Waals surface area contributed by atoms with Gasteiger partial charge in [0.05, 0.1) is 6.61 Å². The molecule has 0 saturated carbocycles. The molecule has 0 saturated heterocycles. The second kappa shape index (κ2) is 5.98. The summed E-state index contributed by atoms with van der Waals surface area (Å²) < 4.78 is 18.8. The first-order chi connectivity index (χ1) is 8.66. The summed E-state index contributed by atoms with van der Waals surface area (Å²) in [6.07, 6.45) is 0.818. The molecule has 0 unspecified atom stereocenters. The van der Waals surface area contributed by atoms with Crippen LogP contribution < -0.4 is 10.5 Å². The molecule has 0 bridgehead atoms. The minimum Gasteiger partial charge on any atom is -0.493 e. The van der Waals surface area contributed by atoms with Crippen LogP contribution in [0.25, 0.3) is 0 Å². The maximum atomic E-state index is 13.2. The number of benzene rings is 1. The lowest BCUT2D eigenvalue weighted by Crippen LogP contribution is -2.09. The second-order valence-electron chi connectivity index (χ2n) is 4.20. The highest BCUT2D eigenvalue weighted by Gasteiger charge is 2.09. The first kappa shape index (κ1) is 13.1. The first-order valence-corrected chi connectivity index (χ1v) is 6.80. The fourth-order valence-electron chi connectivity index (χ4n) is 1.72. The van der Waals surface area contributed by atoms with Gasteiger partial charge in [-0.05, 0) is 35.4 Å². The molecule has 2 N–H and O–H groups in total. The molecule has 2 rings (SSSR count). The molecule has 0 aliphatic carbocycles. The van der Waals surface area contributed by atoms with Crippen molar-refractivity contribution >= 4 is 11.3 Å². The summed E-state index contributed by atoms with van der Waals surface area (Å²) in [5.74, 6) is 0.241. The van der Waals surface area contributed by atoms with E-state index in [0.717, 1.165) is 12.0 Å². The van der Waals surface area contributed by atoms with Crippen molar-refractivity contribution in [3.05, 3.63) is 52.0 Å². The normalized spacial score (nSPS) is 12.4. The van der Waals surface area contributed by atoms with Gasteiger partial charge in [-0.3, -0.25) is 0 Å². The molecule has 96 valence electrons. The monoisotopic (exact) mass is 265 g/mol. The van der Waals surface area contributed by atoms with Crippen LogP contribution in [0.3, 0.4) is 0 Å². The van der Waals surface area contributed by atoms with Crippen LogP contribution in [0.4, 0.5) is 4.39 Å². The van der Waals surface area contributed by atoms with Gasteiger partial charge in [0, 0.05) is 24.1 Å². The van der Waals surface area contributed by atoms with E-state index in [9.17, 15) is 4.39 Å². The molecule has 1 aromatic heterocycles. The minimum absolute atomic E-state index is 0.165. The topological polar surface area (TPSA) is 35.2 Å². The van der Waals surface area contributed by atoms with Crippen molar-refractivity contribution in [1.82, 2.24) is 0 Å². The molecular formula is C14H16FNOS. The molecule has 1 aromatic carbocycles. The van der Waals surface area contributed by atoms with Gasteiger partial charge >= 0.3 is 0 Å². The summed E-state index contributed by atoms with van der Waals surface area (Å²) in [6, 6.07) is 6.38. The lowest BCUT2D eigenvalue weighted by molar-refractivity contribution is 0.315. The van der Waals surface area contributed by atoms with Crippen molar-refractivity contribution in [2.75, 3.05) is 6.61 Å². The number of rotatable bonds is 5. The Morgan fingerprint density at radius 3 is 2.89 bits per heavy atom. The zero-order valence-electron chi connectivity index (χ0n) is 10.2. The summed E-state index contributed by atoms with van der Waals surface area (Å²) in [6.45, 7) is 2.39. The Labute approximate surface area is 110 Å². The molecule has 1 heterocycles. The molecule has 2 aromatic rings. The van der Waals surface area contributed by atoms with Crippen LogP contribution in [0.2, 0.25) is 0 Å². The quantitative estimate of drug-likeness (QED) is 0.897. The third-order valence-electron chi connectivity index (χ3n) is 2.69. The van der Waals surface area contributed by atoms with Crippen LogP contribution in [0.5, 0.6) is 5.75 Å². The SMILES string of the molecule is C[C@H](N)c1ccc(F)cc1OCCc1ccsc1. The zero-order chi connectivity index (χ0) is 13.0. The smallest absolute Gasteiger partial charge is 0.126 e. The van der Waals surface area contributed by atoms with Crippen molar-refractivity contribution in [2.45, 2.75) is 19.4 Å². The van der Waals surface area contributed by atoms with E-state index in [2.05, 4.69) is 11.4 Å². The molecule has 2 nitrogen and oxygen atoms in total. The van der Waals surface area contributed by atoms with Gasteiger partial charge in [-0.25, -0.2) is 4.39 Å². The second-order valence-corrected chi connectivity index (χ2v) is 4.98. The number of nitrogens with two attached hydrogens (primary N) is 1. The van der Waals surface area contributed by atoms with E-state index in [1.54, 1.807) is 17.4 Å². The van der Waals surface area contributed by atoms with Gasteiger partial charge in [-0.2, -0.15) is 11.3 Å².